The van der Waals surface area contributed by atoms with Crippen LogP contribution in [-0.4, -0.2) is 34.2 Å². The monoisotopic (exact) mass is 519 g/mol. The van der Waals surface area contributed by atoms with Crippen molar-refractivity contribution in [3.63, 3.8) is 0 Å². The van der Waals surface area contributed by atoms with Gasteiger partial charge in [0.15, 0.2) is 15.8 Å². The molecule has 0 aromatic heterocycles. The van der Waals surface area contributed by atoms with Gasteiger partial charge >= 0.3 is 0 Å². The van der Waals surface area contributed by atoms with Crippen LogP contribution in [-0.2, 0) is 28.6 Å². The Bertz CT molecular complexity index is 874. The highest BCUT2D eigenvalue weighted by atomic mass is 127. The maximum Gasteiger partial charge on any atom is 0.191 e. The van der Waals surface area contributed by atoms with Gasteiger partial charge in [-0.1, -0.05) is 36.4 Å². The molecule has 0 unspecified atom stereocenters. The Morgan fingerprint density at radius 2 is 1.79 bits per heavy atom. The van der Waals surface area contributed by atoms with E-state index in [4.69, 9.17) is 0 Å². The van der Waals surface area contributed by atoms with Crippen LogP contribution in [0.15, 0.2) is 53.5 Å². The summed E-state index contributed by atoms with van der Waals surface area (Å²) < 4.78 is 36.7. The standard InChI is InChI=1S/C20H26FN3O2S.HI/c1-22-20(23-12-6-9-16-7-4-3-5-8-16)24-14-18-13-19(21)11-10-17(18)15-27(2,25)26;/h3-5,7-8,10-11,13H,6,9,12,14-15H2,1-2H3,(H2,22,23,24);1H. The van der Waals surface area contributed by atoms with Crippen molar-refractivity contribution in [3.05, 3.63) is 71.0 Å². The first-order valence-corrected chi connectivity index (χ1v) is 10.9. The minimum atomic E-state index is -3.20. The first-order chi connectivity index (χ1) is 12.9. The van der Waals surface area contributed by atoms with E-state index in [1.165, 1.54) is 30.0 Å². The van der Waals surface area contributed by atoms with E-state index in [2.05, 4.69) is 27.8 Å². The fraction of sp³-hybridized carbons (Fsp3) is 0.350. The molecule has 0 aliphatic rings. The molecule has 0 aliphatic carbocycles. The number of hydrogen-bond donors (Lipinski definition) is 2. The van der Waals surface area contributed by atoms with Crippen molar-refractivity contribution in [2.24, 2.45) is 4.99 Å². The van der Waals surface area contributed by atoms with Gasteiger partial charge in [0.25, 0.3) is 0 Å². The lowest BCUT2D eigenvalue weighted by molar-refractivity contribution is 0.599. The van der Waals surface area contributed by atoms with Gasteiger partial charge < -0.3 is 10.6 Å². The van der Waals surface area contributed by atoms with E-state index in [0.29, 0.717) is 23.6 Å². The second kappa shape index (κ2) is 12.0. The highest BCUT2D eigenvalue weighted by Crippen LogP contribution is 2.14. The Balaban J connectivity index is 0.00000392. The molecule has 0 radical (unpaired) electrons. The van der Waals surface area contributed by atoms with Gasteiger partial charge in [-0.15, -0.1) is 24.0 Å². The Hall–Kier alpha value is -1.68. The Kier molecular flexibility index (Phi) is 10.4. The zero-order chi connectivity index (χ0) is 19.7. The summed E-state index contributed by atoms with van der Waals surface area (Å²) in [5, 5.41) is 6.33. The maximum absolute atomic E-state index is 13.6. The van der Waals surface area contributed by atoms with Gasteiger partial charge in [0.1, 0.15) is 5.82 Å². The molecule has 0 amide bonds. The van der Waals surface area contributed by atoms with Gasteiger partial charge in [0.2, 0.25) is 0 Å². The number of sulfone groups is 1. The zero-order valence-electron chi connectivity index (χ0n) is 16.1. The number of aliphatic imine (C=N–C) groups is 1. The molecule has 0 saturated heterocycles. The predicted octanol–water partition coefficient (Wildman–Crippen LogP) is 3.29. The molecule has 0 atom stereocenters. The summed E-state index contributed by atoms with van der Waals surface area (Å²) in [6.45, 7) is 1.04. The molecule has 154 valence electrons. The fourth-order valence-electron chi connectivity index (χ4n) is 2.73. The molecular weight excluding hydrogens is 492 g/mol. The quantitative estimate of drug-likeness (QED) is 0.243. The second-order valence-electron chi connectivity index (χ2n) is 6.42. The molecule has 8 heteroatoms. The van der Waals surface area contributed by atoms with E-state index in [0.717, 1.165) is 19.4 Å². The number of aryl methyl sites for hydroxylation is 1. The Morgan fingerprint density at radius 3 is 2.43 bits per heavy atom. The number of rotatable bonds is 8. The van der Waals surface area contributed by atoms with Crippen LogP contribution in [0.3, 0.4) is 0 Å². The fourth-order valence-corrected chi connectivity index (χ4v) is 3.57. The molecule has 5 nitrogen and oxygen atoms in total. The topological polar surface area (TPSA) is 70.6 Å². The SMILES string of the molecule is CN=C(NCCCc1ccccc1)NCc1cc(F)ccc1CS(C)(=O)=O.I. The molecule has 2 aromatic carbocycles. The Labute approximate surface area is 183 Å². The predicted molar refractivity (Wildman–Crippen MR) is 123 cm³/mol. The largest absolute Gasteiger partial charge is 0.356 e. The lowest BCUT2D eigenvalue weighted by Crippen LogP contribution is -2.37. The molecule has 0 spiro atoms. The summed E-state index contributed by atoms with van der Waals surface area (Å²) in [5.74, 6) is 0.0837. The molecular formula is C20H27FIN3O2S. The summed E-state index contributed by atoms with van der Waals surface area (Å²) in [6, 6.07) is 14.4. The van der Waals surface area contributed by atoms with Gasteiger partial charge in [-0.2, -0.15) is 0 Å². The van der Waals surface area contributed by atoms with E-state index in [1.54, 1.807) is 7.05 Å². The van der Waals surface area contributed by atoms with Crippen molar-refractivity contribution in [3.8, 4) is 0 Å². The van der Waals surface area contributed by atoms with E-state index < -0.39 is 15.7 Å². The summed E-state index contributed by atoms with van der Waals surface area (Å²) in [7, 11) is -1.53. The first kappa shape index (κ1) is 24.4. The van der Waals surface area contributed by atoms with Gasteiger partial charge in [0.05, 0.1) is 5.75 Å². The summed E-state index contributed by atoms with van der Waals surface area (Å²) in [4.78, 5) is 4.16. The number of halogens is 2. The average molecular weight is 519 g/mol. The molecule has 0 bridgehead atoms. The Morgan fingerprint density at radius 1 is 1.07 bits per heavy atom. The van der Waals surface area contributed by atoms with Crippen molar-refractivity contribution in [2.75, 3.05) is 19.8 Å². The van der Waals surface area contributed by atoms with E-state index in [1.807, 2.05) is 18.2 Å². The van der Waals surface area contributed by atoms with Crippen LogP contribution in [0.5, 0.6) is 0 Å². The highest BCUT2D eigenvalue weighted by Gasteiger charge is 2.11. The molecule has 2 rings (SSSR count). The van der Waals surface area contributed by atoms with Crippen molar-refractivity contribution < 1.29 is 12.8 Å². The minimum Gasteiger partial charge on any atom is -0.356 e. The van der Waals surface area contributed by atoms with Gasteiger partial charge in [-0.3, -0.25) is 4.99 Å². The van der Waals surface area contributed by atoms with Gasteiger partial charge in [0, 0.05) is 26.4 Å². The highest BCUT2D eigenvalue weighted by molar-refractivity contribution is 14.0. The molecule has 0 fully saturated rings. The molecule has 0 aliphatic heterocycles. The smallest absolute Gasteiger partial charge is 0.191 e. The van der Waals surface area contributed by atoms with Crippen molar-refractivity contribution in [2.45, 2.75) is 25.1 Å². The minimum absolute atomic E-state index is 0. The lowest BCUT2D eigenvalue weighted by atomic mass is 10.1. The van der Waals surface area contributed by atoms with Crippen LogP contribution in [0.1, 0.15) is 23.1 Å². The summed E-state index contributed by atoms with van der Waals surface area (Å²) >= 11 is 0. The third kappa shape index (κ3) is 9.01. The number of nitrogens with zero attached hydrogens (tertiary/aromatic N) is 1. The molecule has 0 heterocycles. The van der Waals surface area contributed by atoms with Crippen LogP contribution in [0.25, 0.3) is 0 Å². The molecule has 28 heavy (non-hydrogen) atoms. The van der Waals surface area contributed by atoms with Crippen LogP contribution in [0.4, 0.5) is 4.39 Å². The van der Waals surface area contributed by atoms with Crippen LogP contribution in [0, 0.1) is 5.82 Å². The third-order valence-electron chi connectivity index (χ3n) is 4.03. The second-order valence-corrected chi connectivity index (χ2v) is 8.56. The summed E-state index contributed by atoms with van der Waals surface area (Å²) in [5.41, 5.74) is 2.48. The molecule has 0 saturated carbocycles. The van der Waals surface area contributed by atoms with Crippen LogP contribution < -0.4 is 10.6 Å². The molecule has 2 aromatic rings. The van der Waals surface area contributed by atoms with Crippen molar-refractivity contribution in [1.82, 2.24) is 10.6 Å². The van der Waals surface area contributed by atoms with Gasteiger partial charge in [-0.25, -0.2) is 12.8 Å². The maximum atomic E-state index is 13.6. The van der Waals surface area contributed by atoms with Crippen LogP contribution >= 0.6 is 24.0 Å². The van der Waals surface area contributed by atoms with Crippen molar-refractivity contribution in [1.29, 1.82) is 0 Å². The zero-order valence-corrected chi connectivity index (χ0v) is 19.3. The lowest BCUT2D eigenvalue weighted by Gasteiger charge is -2.14. The number of guanidine groups is 1. The summed E-state index contributed by atoms with van der Waals surface area (Å²) in [6.07, 6.45) is 3.08. The third-order valence-corrected chi connectivity index (χ3v) is 4.87. The molecule has 2 N–H and O–H groups in total. The van der Waals surface area contributed by atoms with Crippen LogP contribution in [0.2, 0.25) is 0 Å². The first-order valence-electron chi connectivity index (χ1n) is 8.81. The number of hydrogen-bond acceptors (Lipinski definition) is 3. The number of benzene rings is 2. The average Bonchev–Trinajstić information content (AvgIpc) is 2.63. The van der Waals surface area contributed by atoms with Gasteiger partial charge in [-0.05, 0) is 41.7 Å². The van der Waals surface area contributed by atoms with E-state index >= 15 is 0 Å². The van der Waals surface area contributed by atoms with E-state index in [-0.39, 0.29) is 29.7 Å². The number of nitrogens with one attached hydrogen (secondary N) is 2. The van der Waals surface area contributed by atoms with Crippen molar-refractivity contribution >= 4 is 39.8 Å². The van der Waals surface area contributed by atoms with E-state index in [9.17, 15) is 12.8 Å². The normalized spacial score (nSPS) is 11.6.